The third-order valence-corrected chi connectivity index (χ3v) is 4.15. The standard InChI is InChI=1S/C16H24ClNO3/c1-4-18-14-10-15(16(14)20-8-7-19-3)21-12-5-6-13(17)11(2)9-12/h5-6,9,14-16,18H,4,7-8,10H2,1-3H3. The largest absolute Gasteiger partial charge is 0.488 e. The number of ether oxygens (including phenoxy) is 3. The third-order valence-electron chi connectivity index (χ3n) is 3.73. The van der Waals surface area contributed by atoms with Gasteiger partial charge in [0.05, 0.1) is 13.2 Å². The molecule has 4 nitrogen and oxygen atoms in total. The first-order chi connectivity index (χ1) is 10.2. The zero-order valence-corrected chi connectivity index (χ0v) is 13.7. The quantitative estimate of drug-likeness (QED) is 0.749. The van der Waals surface area contributed by atoms with Gasteiger partial charge in [0.1, 0.15) is 18.0 Å². The molecule has 0 spiro atoms. The van der Waals surface area contributed by atoms with Gasteiger partial charge in [-0.3, -0.25) is 0 Å². The van der Waals surface area contributed by atoms with Crippen molar-refractivity contribution in [3.8, 4) is 5.75 Å². The maximum atomic E-state index is 6.04. The first-order valence-electron chi connectivity index (χ1n) is 7.42. The van der Waals surface area contributed by atoms with E-state index in [0.717, 1.165) is 29.3 Å². The Labute approximate surface area is 131 Å². The van der Waals surface area contributed by atoms with E-state index in [-0.39, 0.29) is 12.2 Å². The van der Waals surface area contributed by atoms with Gasteiger partial charge in [0.25, 0.3) is 0 Å². The first-order valence-corrected chi connectivity index (χ1v) is 7.80. The van der Waals surface area contributed by atoms with Crippen molar-refractivity contribution in [1.29, 1.82) is 0 Å². The van der Waals surface area contributed by atoms with Gasteiger partial charge >= 0.3 is 0 Å². The Morgan fingerprint density at radius 1 is 1.33 bits per heavy atom. The number of aryl methyl sites for hydroxylation is 1. The molecule has 1 saturated carbocycles. The average Bonchev–Trinajstić information content (AvgIpc) is 2.46. The summed E-state index contributed by atoms with van der Waals surface area (Å²) < 4.78 is 17.0. The molecule has 1 aliphatic rings. The summed E-state index contributed by atoms with van der Waals surface area (Å²) in [5.41, 5.74) is 1.02. The van der Waals surface area contributed by atoms with Crippen molar-refractivity contribution in [2.24, 2.45) is 0 Å². The average molecular weight is 314 g/mol. The number of likely N-dealkylation sites (N-methyl/N-ethyl adjacent to an activating group) is 1. The monoisotopic (exact) mass is 313 g/mol. The highest BCUT2D eigenvalue weighted by molar-refractivity contribution is 6.31. The van der Waals surface area contributed by atoms with Crippen LogP contribution in [0.2, 0.25) is 5.02 Å². The van der Waals surface area contributed by atoms with Crippen molar-refractivity contribution in [1.82, 2.24) is 5.32 Å². The smallest absolute Gasteiger partial charge is 0.128 e. The molecule has 0 aromatic heterocycles. The SMILES string of the molecule is CCNC1CC(Oc2ccc(Cl)c(C)c2)C1OCCOC. The highest BCUT2D eigenvalue weighted by Crippen LogP contribution is 2.30. The summed E-state index contributed by atoms with van der Waals surface area (Å²) in [5.74, 6) is 0.845. The molecular formula is C16H24ClNO3. The van der Waals surface area contributed by atoms with Crippen LogP contribution in [-0.4, -0.2) is 45.1 Å². The Morgan fingerprint density at radius 3 is 2.81 bits per heavy atom. The lowest BCUT2D eigenvalue weighted by Crippen LogP contribution is -2.61. The van der Waals surface area contributed by atoms with Gasteiger partial charge in [0, 0.05) is 24.6 Å². The molecule has 0 radical (unpaired) electrons. The van der Waals surface area contributed by atoms with Crippen LogP contribution in [0.5, 0.6) is 5.75 Å². The van der Waals surface area contributed by atoms with Crippen LogP contribution in [0.15, 0.2) is 18.2 Å². The maximum absolute atomic E-state index is 6.04. The van der Waals surface area contributed by atoms with Gasteiger partial charge in [-0.1, -0.05) is 18.5 Å². The second kappa shape index (κ2) is 7.99. The topological polar surface area (TPSA) is 39.7 Å². The van der Waals surface area contributed by atoms with E-state index in [1.165, 1.54) is 0 Å². The molecule has 21 heavy (non-hydrogen) atoms. The lowest BCUT2D eigenvalue weighted by atomic mass is 9.85. The third kappa shape index (κ3) is 4.33. The molecule has 1 aromatic rings. The number of hydrogen-bond donors (Lipinski definition) is 1. The van der Waals surface area contributed by atoms with Crippen molar-refractivity contribution in [2.45, 2.75) is 38.5 Å². The van der Waals surface area contributed by atoms with E-state index in [9.17, 15) is 0 Å². The first kappa shape index (κ1) is 16.6. The molecule has 0 bridgehead atoms. The molecule has 118 valence electrons. The lowest BCUT2D eigenvalue weighted by molar-refractivity contribution is -0.115. The molecule has 1 fully saturated rings. The van der Waals surface area contributed by atoms with Gasteiger partial charge in [-0.2, -0.15) is 0 Å². The number of hydrogen-bond acceptors (Lipinski definition) is 4. The highest BCUT2D eigenvalue weighted by atomic mass is 35.5. The molecule has 3 unspecified atom stereocenters. The summed E-state index contributed by atoms with van der Waals surface area (Å²) >= 11 is 6.04. The fourth-order valence-corrected chi connectivity index (χ4v) is 2.63. The highest BCUT2D eigenvalue weighted by Gasteiger charge is 2.43. The van der Waals surface area contributed by atoms with Crippen LogP contribution in [0.4, 0.5) is 0 Å². The molecule has 0 aliphatic heterocycles. The minimum Gasteiger partial charge on any atom is -0.488 e. The van der Waals surface area contributed by atoms with E-state index in [1.807, 2.05) is 25.1 Å². The van der Waals surface area contributed by atoms with Crippen molar-refractivity contribution in [3.05, 3.63) is 28.8 Å². The molecule has 1 aromatic carbocycles. The number of nitrogens with one attached hydrogen (secondary N) is 1. The Hall–Kier alpha value is -0.810. The van der Waals surface area contributed by atoms with Gasteiger partial charge in [0.2, 0.25) is 0 Å². The van der Waals surface area contributed by atoms with Crippen molar-refractivity contribution < 1.29 is 14.2 Å². The predicted molar refractivity (Wildman–Crippen MR) is 84.3 cm³/mol. The number of methoxy groups -OCH3 is 1. The maximum Gasteiger partial charge on any atom is 0.128 e. The summed E-state index contributed by atoms with van der Waals surface area (Å²) in [6, 6.07) is 6.09. The van der Waals surface area contributed by atoms with Gasteiger partial charge < -0.3 is 19.5 Å². The molecule has 5 heteroatoms. The summed E-state index contributed by atoms with van der Waals surface area (Å²) in [5, 5.41) is 4.19. The fourth-order valence-electron chi connectivity index (χ4n) is 2.51. The van der Waals surface area contributed by atoms with E-state index in [0.29, 0.717) is 19.3 Å². The molecule has 0 heterocycles. The van der Waals surface area contributed by atoms with Gasteiger partial charge in [-0.15, -0.1) is 0 Å². The van der Waals surface area contributed by atoms with Gasteiger partial charge in [0.15, 0.2) is 0 Å². The normalized spacial score (nSPS) is 24.7. The molecular weight excluding hydrogens is 290 g/mol. The minimum absolute atomic E-state index is 0.0658. The Kier molecular flexibility index (Phi) is 6.30. The van der Waals surface area contributed by atoms with Gasteiger partial charge in [-0.05, 0) is 37.2 Å². The molecule has 0 saturated heterocycles. The second-order valence-electron chi connectivity index (χ2n) is 5.30. The van der Waals surface area contributed by atoms with Crippen LogP contribution in [-0.2, 0) is 9.47 Å². The molecule has 2 rings (SSSR count). The molecule has 1 aliphatic carbocycles. The molecule has 0 amide bonds. The van der Waals surface area contributed by atoms with Crippen LogP contribution < -0.4 is 10.1 Å². The predicted octanol–water partition coefficient (Wildman–Crippen LogP) is 2.81. The van der Waals surface area contributed by atoms with E-state index < -0.39 is 0 Å². The lowest BCUT2D eigenvalue weighted by Gasteiger charge is -2.44. The zero-order chi connectivity index (χ0) is 15.2. The van der Waals surface area contributed by atoms with Crippen LogP contribution >= 0.6 is 11.6 Å². The zero-order valence-electron chi connectivity index (χ0n) is 12.9. The molecule has 3 atom stereocenters. The van der Waals surface area contributed by atoms with E-state index in [1.54, 1.807) is 7.11 Å². The Morgan fingerprint density at radius 2 is 2.14 bits per heavy atom. The minimum atomic E-state index is 0.0658. The van der Waals surface area contributed by atoms with Crippen molar-refractivity contribution >= 4 is 11.6 Å². The van der Waals surface area contributed by atoms with Crippen molar-refractivity contribution in [2.75, 3.05) is 26.9 Å². The van der Waals surface area contributed by atoms with E-state index >= 15 is 0 Å². The summed E-state index contributed by atoms with van der Waals surface area (Å²) in [6.45, 7) is 6.19. The Balaban J connectivity index is 1.92. The van der Waals surface area contributed by atoms with Crippen LogP contribution in [0, 0.1) is 6.92 Å². The van der Waals surface area contributed by atoms with E-state index in [4.69, 9.17) is 25.8 Å². The van der Waals surface area contributed by atoms with Crippen LogP contribution in [0.1, 0.15) is 18.9 Å². The van der Waals surface area contributed by atoms with Crippen LogP contribution in [0.25, 0.3) is 0 Å². The fraction of sp³-hybridized carbons (Fsp3) is 0.625. The summed E-state index contributed by atoms with van der Waals surface area (Å²) in [7, 11) is 1.68. The Bertz CT molecular complexity index is 455. The van der Waals surface area contributed by atoms with Gasteiger partial charge in [-0.25, -0.2) is 0 Å². The van der Waals surface area contributed by atoms with Crippen LogP contribution in [0.3, 0.4) is 0 Å². The number of rotatable bonds is 8. The second-order valence-corrected chi connectivity index (χ2v) is 5.70. The number of benzene rings is 1. The summed E-state index contributed by atoms with van der Waals surface area (Å²) in [4.78, 5) is 0. The van der Waals surface area contributed by atoms with E-state index in [2.05, 4.69) is 12.2 Å². The van der Waals surface area contributed by atoms with Crippen molar-refractivity contribution in [3.63, 3.8) is 0 Å². The summed E-state index contributed by atoms with van der Waals surface area (Å²) in [6.07, 6.45) is 1.09. The molecule has 1 N–H and O–H groups in total. The number of halogens is 1.